The molecule has 1 aliphatic carbocycles. The van der Waals surface area contributed by atoms with Gasteiger partial charge in [0.15, 0.2) is 0 Å². The van der Waals surface area contributed by atoms with Gasteiger partial charge < -0.3 is 14.7 Å². The van der Waals surface area contributed by atoms with Crippen molar-refractivity contribution >= 4 is 34.4 Å². The molecule has 1 heterocycles. The third kappa shape index (κ3) is 5.78. The molecular formula is C32H31ClN2O3. The molecule has 3 aromatic carbocycles. The topological polar surface area (TPSA) is 73.6 Å². The van der Waals surface area contributed by atoms with Gasteiger partial charge in [0.25, 0.3) is 0 Å². The van der Waals surface area contributed by atoms with Crippen LogP contribution in [0.5, 0.6) is 0 Å². The highest BCUT2D eigenvalue weighted by Gasteiger charge is 2.29. The third-order valence-corrected chi connectivity index (χ3v) is 7.81. The second-order valence-corrected chi connectivity index (χ2v) is 10.4. The summed E-state index contributed by atoms with van der Waals surface area (Å²) in [6.45, 7) is 3.23. The van der Waals surface area contributed by atoms with Gasteiger partial charge in [-0.3, -0.25) is 4.79 Å². The first-order valence-electron chi connectivity index (χ1n) is 13.2. The van der Waals surface area contributed by atoms with Crippen LogP contribution in [0.1, 0.15) is 53.5 Å². The van der Waals surface area contributed by atoms with E-state index in [1.165, 1.54) is 17.7 Å². The molecule has 2 aliphatic rings. The van der Waals surface area contributed by atoms with Crippen molar-refractivity contribution in [2.75, 3.05) is 31.2 Å². The van der Waals surface area contributed by atoms with E-state index < -0.39 is 5.97 Å². The maximum absolute atomic E-state index is 11.1. The van der Waals surface area contributed by atoms with E-state index in [1.54, 1.807) is 6.07 Å². The van der Waals surface area contributed by atoms with Crippen LogP contribution in [0.2, 0.25) is 5.02 Å². The summed E-state index contributed by atoms with van der Waals surface area (Å²) in [7, 11) is 0. The van der Waals surface area contributed by atoms with Crippen LogP contribution in [0.15, 0.2) is 66.7 Å². The number of halogens is 1. The summed E-state index contributed by atoms with van der Waals surface area (Å²) < 4.78 is 5.52. The van der Waals surface area contributed by atoms with E-state index in [1.807, 2.05) is 24.3 Å². The Hall–Kier alpha value is -3.59. The summed E-state index contributed by atoms with van der Waals surface area (Å²) in [5, 5.41) is 19.7. The lowest BCUT2D eigenvalue weighted by Crippen LogP contribution is -2.36. The predicted molar refractivity (Wildman–Crippen MR) is 151 cm³/mol. The number of morpholine rings is 1. The Balaban J connectivity index is 1.64. The van der Waals surface area contributed by atoms with Gasteiger partial charge in [0, 0.05) is 30.2 Å². The number of carboxylic acid groups (broad SMARTS) is 1. The summed E-state index contributed by atoms with van der Waals surface area (Å²) >= 11 is 6.28. The molecule has 1 saturated carbocycles. The number of rotatable bonds is 8. The summed E-state index contributed by atoms with van der Waals surface area (Å²) in [6, 6.07) is 24.9. The van der Waals surface area contributed by atoms with E-state index in [4.69, 9.17) is 21.4 Å². The average molecular weight is 527 g/mol. The zero-order chi connectivity index (χ0) is 26.5. The predicted octanol–water partition coefficient (Wildman–Crippen LogP) is 6.82. The van der Waals surface area contributed by atoms with Crippen molar-refractivity contribution in [1.29, 1.82) is 5.26 Å². The van der Waals surface area contributed by atoms with Crippen molar-refractivity contribution in [1.82, 2.24) is 0 Å². The maximum atomic E-state index is 11.1. The largest absolute Gasteiger partial charge is 0.481 e. The van der Waals surface area contributed by atoms with Gasteiger partial charge in [-0.05, 0) is 82.8 Å². The van der Waals surface area contributed by atoms with Crippen LogP contribution in [0, 0.1) is 17.2 Å². The van der Waals surface area contributed by atoms with Crippen LogP contribution in [-0.4, -0.2) is 37.4 Å². The van der Waals surface area contributed by atoms with Crippen LogP contribution in [0.25, 0.3) is 11.1 Å². The number of nitrogens with zero attached hydrogens (tertiary/aromatic N) is 2. The molecule has 1 N–H and O–H groups in total. The molecule has 0 atom stereocenters. The first kappa shape index (κ1) is 26.0. The number of hydrogen-bond acceptors (Lipinski definition) is 4. The quantitative estimate of drug-likeness (QED) is 0.326. The van der Waals surface area contributed by atoms with Crippen molar-refractivity contribution in [3.63, 3.8) is 0 Å². The Kier molecular flexibility index (Phi) is 8.12. The number of ether oxygens (including phenoxy) is 1. The second-order valence-electron chi connectivity index (χ2n) is 9.96. The minimum absolute atomic E-state index is 0.106. The molecular weight excluding hydrogens is 496 g/mol. The normalized spacial score (nSPS) is 16.4. The molecule has 6 heteroatoms. The van der Waals surface area contributed by atoms with Crippen LogP contribution in [0.3, 0.4) is 0 Å². The van der Waals surface area contributed by atoms with Gasteiger partial charge >= 0.3 is 5.97 Å². The van der Waals surface area contributed by atoms with Crippen molar-refractivity contribution in [3.8, 4) is 6.07 Å². The molecule has 194 valence electrons. The lowest BCUT2D eigenvalue weighted by molar-refractivity contribution is -0.136. The number of benzene rings is 3. The molecule has 0 amide bonds. The minimum Gasteiger partial charge on any atom is -0.481 e. The molecule has 0 spiro atoms. The molecule has 0 radical (unpaired) electrons. The molecule has 0 bridgehead atoms. The fourth-order valence-corrected chi connectivity index (χ4v) is 5.50. The Bertz CT molecular complexity index is 1360. The second kappa shape index (κ2) is 11.9. The highest BCUT2D eigenvalue weighted by molar-refractivity contribution is 6.30. The number of carbonyl (C=O) groups is 1. The molecule has 1 saturated heterocycles. The highest BCUT2D eigenvalue weighted by Crippen LogP contribution is 2.46. The van der Waals surface area contributed by atoms with E-state index in [2.05, 4.69) is 47.4 Å². The van der Waals surface area contributed by atoms with E-state index in [-0.39, 0.29) is 6.42 Å². The maximum Gasteiger partial charge on any atom is 0.303 e. The Morgan fingerprint density at radius 3 is 2.24 bits per heavy atom. The number of hydrogen-bond donors (Lipinski definition) is 1. The van der Waals surface area contributed by atoms with Crippen molar-refractivity contribution < 1.29 is 14.6 Å². The molecule has 38 heavy (non-hydrogen) atoms. The summed E-state index contributed by atoms with van der Waals surface area (Å²) in [5.74, 6) is -0.446. The molecule has 0 aromatic heterocycles. The number of nitriles is 1. The standard InChI is InChI=1S/C32H31ClN2O3/c33-27-11-14-29(26(20-27)21-34)32(23-2-1-3-23)31(24-7-4-22(5-8-24)6-15-30(36)37)25-9-12-28(13-10-25)35-16-18-38-19-17-35/h4-5,7-14,20,23H,1-3,6,15-19H2,(H,36,37)/b32-31+. The highest BCUT2D eigenvalue weighted by atomic mass is 35.5. The van der Waals surface area contributed by atoms with Gasteiger partial charge in [-0.25, -0.2) is 0 Å². The fourth-order valence-electron chi connectivity index (χ4n) is 5.33. The van der Waals surface area contributed by atoms with Crippen molar-refractivity contribution in [2.24, 2.45) is 5.92 Å². The fraction of sp³-hybridized carbons (Fsp3) is 0.312. The Morgan fingerprint density at radius 1 is 1.00 bits per heavy atom. The number of anilines is 1. The van der Waals surface area contributed by atoms with Gasteiger partial charge in [0.2, 0.25) is 0 Å². The average Bonchev–Trinajstić information content (AvgIpc) is 2.92. The van der Waals surface area contributed by atoms with Crippen molar-refractivity contribution in [2.45, 2.75) is 32.1 Å². The van der Waals surface area contributed by atoms with Gasteiger partial charge in [-0.2, -0.15) is 5.26 Å². The SMILES string of the molecule is N#Cc1cc(Cl)ccc1/C(=C(\c1ccc(CCC(=O)O)cc1)c1ccc(N2CCOCC2)cc1)C1CCC1. The molecule has 5 rings (SSSR count). The van der Waals surface area contributed by atoms with E-state index in [0.29, 0.717) is 22.9 Å². The smallest absolute Gasteiger partial charge is 0.303 e. The van der Waals surface area contributed by atoms with Gasteiger partial charge in [0.1, 0.15) is 0 Å². The van der Waals surface area contributed by atoms with Crippen LogP contribution < -0.4 is 4.90 Å². The third-order valence-electron chi connectivity index (χ3n) is 7.58. The zero-order valence-electron chi connectivity index (χ0n) is 21.3. The van der Waals surface area contributed by atoms with E-state index in [0.717, 1.165) is 67.0 Å². The van der Waals surface area contributed by atoms with E-state index >= 15 is 0 Å². The summed E-state index contributed by atoms with van der Waals surface area (Å²) in [6.07, 6.45) is 3.92. The number of aryl methyl sites for hydroxylation is 1. The van der Waals surface area contributed by atoms with Crippen LogP contribution in [0.4, 0.5) is 5.69 Å². The monoisotopic (exact) mass is 526 g/mol. The molecule has 1 aliphatic heterocycles. The van der Waals surface area contributed by atoms with E-state index in [9.17, 15) is 10.1 Å². The minimum atomic E-state index is -0.797. The van der Waals surface area contributed by atoms with Crippen molar-refractivity contribution in [3.05, 3.63) is 99.6 Å². The number of aliphatic carboxylic acids is 1. The molecule has 0 unspecified atom stereocenters. The zero-order valence-corrected chi connectivity index (χ0v) is 22.1. The summed E-state index contributed by atoms with van der Waals surface area (Å²) in [5.41, 5.74) is 8.14. The lowest BCUT2D eigenvalue weighted by atomic mass is 9.72. The summed E-state index contributed by atoms with van der Waals surface area (Å²) in [4.78, 5) is 13.4. The lowest BCUT2D eigenvalue weighted by Gasteiger charge is -2.32. The first-order chi connectivity index (χ1) is 18.5. The number of allylic oxidation sites excluding steroid dienone is 1. The Labute approximate surface area is 228 Å². The van der Waals surface area contributed by atoms with Crippen LogP contribution >= 0.6 is 11.6 Å². The first-order valence-corrected chi connectivity index (χ1v) is 13.6. The van der Waals surface area contributed by atoms with Gasteiger partial charge in [-0.1, -0.05) is 60.5 Å². The molecule has 5 nitrogen and oxygen atoms in total. The Morgan fingerprint density at radius 2 is 1.66 bits per heavy atom. The van der Waals surface area contributed by atoms with Gasteiger partial charge in [-0.15, -0.1) is 0 Å². The van der Waals surface area contributed by atoms with Gasteiger partial charge in [0.05, 0.1) is 24.8 Å². The number of carboxylic acids is 1. The van der Waals surface area contributed by atoms with Crippen LogP contribution in [-0.2, 0) is 16.0 Å². The molecule has 2 fully saturated rings. The molecule has 3 aromatic rings.